The fraction of sp³-hybridized carbons (Fsp3) is 0.615. The van der Waals surface area contributed by atoms with Crippen LogP contribution in [0.5, 0.6) is 5.75 Å². The molecule has 0 N–H and O–H groups in total. The molecule has 4 nitrogen and oxygen atoms in total. The van der Waals surface area contributed by atoms with E-state index in [1.807, 2.05) is 6.07 Å². The Morgan fingerprint density at radius 2 is 2.44 bits per heavy atom. The van der Waals surface area contributed by atoms with E-state index in [-0.39, 0.29) is 0 Å². The van der Waals surface area contributed by atoms with Crippen LogP contribution in [0.15, 0.2) is 16.7 Å². The predicted molar refractivity (Wildman–Crippen MR) is 75.3 cm³/mol. The molecule has 5 heteroatoms. The van der Waals surface area contributed by atoms with Crippen molar-refractivity contribution < 1.29 is 9.47 Å². The average Bonchev–Trinajstić information content (AvgIpc) is 2.39. The van der Waals surface area contributed by atoms with Crippen LogP contribution in [0.2, 0.25) is 0 Å². The second-order valence-corrected chi connectivity index (χ2v) is 5.50. The fourth-order valence-electron chi connectivity index (χ4n) is 2.23. The lowest BCUT2D eigenvalue weighted by Crippen LogP contribution is -2.31. The van der Waals surface area contributed by atoms with Crippen LogP contribution >= 0.6 is 15.9 Å². The van der Waals surface area contributed by atoms with E-state index in [9.17, 15) is 0 Å². The number of rotatable bonds is 4. The molecule has 18 heavy (non-hydrogen) atoms. The van der Waals surface area contributed by atoms with Crippen LogP contribution in [0, 0.1) is 5.92 Å². The Labute approximate surface area is 116 Å². The zero-order valence-corrected chi connectivity index (χ0v) is 12.4. The first kappa shape index (κ1) is 13.6. The molecule has 0 aromatic carbocycles. The first-order valence-electron chi connectivity index (χ1n) is 6.19. The third kappa shape index (κ3) is 3.36. The highest BCUT2D eigenvalue weighted by molar-refractivity contribution is 9.10. The van der Waals surface area contributed by atoms with E-state index in [1.54, 1.807) is 13.3 Å². The van der Waals surface area contributed by atoms with E-state index in [0.29, 0.717) is 5.92 Å². The summed E-state index contributed by atoms with van der Waals surface area (Å²) in [5.74, 6) is 2.31. The van der Waals surface area contributed by atoms with Crippen molar-refractivity contribution in [1.29, 1.82) is 0 Å². The number of hydrogen-bond acceptors (Lipinski definition) is 4. The molecule has 1 aliphatic rings. The van der Waals surface area contributed by atoms with Gasteiger partial charge in [0, 0.05) is 20.2 Å². The summed E-state index contributed by atoms with van der Waals surface area (Å²) < 4.78 is 11.6. The van der Waals surface area contributed by atoms with Crippen molar-refractivity contribution in [2.75, 3.05) is 38.8 Å². The minimum absolute atomic E-state index is 0.597. The van der Waals surface area contributed by atoms with Gasteiger partial charge in [0.05, 0.1) is 24.4 Å². The highest BCUT2D eigenvalue weighted by Gasteiger charge is 2.18. The third-order valence-corrected chi connectivity index (χ3v) is 3.76. The van der Waals surface area contributed by atoms with Crippen LogP contribution in [0.25, 0.3) is 0 Å². The van der Waals surface area contributed by atoms with Gasteiger partial charge in [0.1, 0.15) is 11.6 Å². The number of nitrogens with zero attached hydrogens (tertiary/aromatic N) is 2. The van der Waals surface area contributed by atoms with E-state index in [2.05, 4.69) is 32.9 Å². The standard InChI is InChI=1S/C13H19BrN2O2/c1-16(8-10-4-3-5-18-9-10)13-12(14)6-11(17-2)7-15-13/h6-7,10H,3-5,8-9H2,1-2H3. The lowest BCUT2D eigenvalue weighted by Gasteiger charge is -2.28. The summed E-state index contributed by atoms with van der Waals surface area (Å²) in [6, 6.07) is 1.94. The predicted octanol–water partition coefficient (Wildman–Crippen LogP) is 2.72. The van der Waals surface area contributed by atoms with E-state index >= 15 is 0 Å². The Morgan fingerprint density at radius 3 is 3.06 bits per heavy atom. The Balaban J connectivity index is 2.01. The molecule has 100 valence electrons. The van der Waals surface area contributed by atoms with Crippen molar-refractivity contribution in [1.82, 2.24) is 4.98 Å². The summed E-state index contributed by atoms with van der Waals surface area (Å²) in [7, 11) is 3.71. The molecule has 1 atom stereocenters. The molecule has 0 spiro atoms. The normalized spacial score (nSPS) is 19.6. The van der Waals surface area contributed by atoms with Crippen LogP contribution in [0.1, 0.15) is 12.8 Å². The second-order valence-electron chi connectivity index (χ2n) is 4.64. The summed E-state index contributed by atoms with van der Waals surface area (Å²) in [6.45, 7) is 2.74. The molecule has 1 saturated heterocycles. The van der Waals surface area contributed by atoms with Crippen LogP contribution < -0.4 is 9.64 Å². The lowest BCUT2D eigenvalue weighted by molar-refractivity contribution is 0.0576. The molecule has 1 aliphatic heterocycles. The molecule has 2 heterocycles. The van der Waals surface area contributed by atoms with Crippen molar-refractivity contribution in [3.8, 4) is 5.75 Å². The zero-order valence-electron chi connectivity index (χ0n) is 10.9. The SMILES string of the molecule is COc1cnc(N(C)CC2CCCOC2)c(Br)c1. The first-order chi connectivity index (χ1) is 8.70. The quantitative estimate of drug-likeness (QED) is 0.856. The minimum Gasteiger partial charge on any atom is -0.495 e. The van der Waals surface area contributed by atoms with Crippen molar-refractivity contribution in [2.45, 2.75) is 12.8 Å². The van der Waals surface area contributed by atoms with Crippen LogP contribution in [-0.2, 0) is 4.74 Å². The number of anilines is 1. The number of ether oxygens (including phenoxy) is 2. The topological polar surface area (TPSA) is 34.6 Å². The molecule has 1 fully saturated rings. The van der Waals surface area contributed by atoms with E-state index in [4.69, 9.17) is 9.47 Å². The Hall–Kier alpha value is -0.810. The smallest absolute Gasteiger partial charge is 0.142 e. The lowest BCUT2D eigenvalue weighted by atomic mass is 10.0. The first-order valence-corrected chi connectivity index (χ1v) is 6.98. The van der Waals surface area contributed by atoms with Gasteiger partial charge in [-0.25, -0.2) is 4.98 Å². The zero-order chi connectivity index (χ0) is 13.0. The number of halogens is 1. The molecule has 0 bridgehead atoms. The maximum absolute atomic E-state index is 5.51. The minimum atomic E-state index is 0.597. The number of aromatic nitrogens is 1. The van der Waals surface area contributed by atoms with Gasteiger partial charge in [-0.2, -0.15) is 0 Å². The van der Waals surface area contributed by atoms with Gasteiger partial charge in [0.2, 0.25) is 0 Å². The van der Waals surface area contributed by atoms with Crippen LogP contribution in [0.3, 0.4) is 0 Å². The Bertz CT molecular complexity index is 395. The maximum atomic E-state index is 5.51. The Morgan fingerprint density at radius 1 is 1.61 bits per heavy atom. The molecule has 2 rings (SSSR count). The summed E-state index contributed by atoms with van der Waals surface area (Å²) >= 11 is 3.54. The molecule has 1 unspecified atom stereocenters. The highest BCUT2D eigenvalue weighted by Crippen LogP contribution is 2.28. The molecular formula is C13H19BrN2O2. The largest absolute Gasteiger partial charge is 0.495 e. The maximum Gasteiger partial charge on any atom is 0.142 e. The van der Waals surface area contributed by atoms with Crippen molar-refractivity contribution in [2.24, 2.45) is 5.92 Å². The number of pyridine rings is 1. The monoisotopic (exact) mass is 314 g/mol. The molecule has 0 amide bonds. The van der Waals surface area contributed by atoms with Crippen molar-refractivity contribution in [3.63, 3.8) is 0 Å². The molecule has 0 radical (unpaired) electrons. The number of hydrogen-bond donors (Lipinski definition) is 0. The van der Waals surface area contributed by atoms with Gasteiger partial charge >= 0.3 is 0 Å². The third-order valence-electron chi connectivity index (χ3n) is 3.18. The summed E-state index contributed by atoms with van der Waals surface area (Å²) in [4.78, 5) is 6.60. The van der Waals surface area contributed by atoms with Gasteiger partial charge < -0.3 is 14.4 Å². The van der Waals surface area contributed by atoms with Gasteiger partial charge in [0.15, 0.2) is 0 Å². The highest BCUT2D eigenvalue weighted by atomic mass is 79.9. The van der Waals surface area contributed by atoms with E-state index < -0.39 is 0 Å². The second kappa shape index (κ2) is 6.38. The van der Waals surface area contributed by atoms with E-state index in [0.717, 1.165) is 42.2 Å². The Kier molecular flexibility index (Phi) is 4.83. The van der Waals surface area contributed by atoms with Gasteiger partial charge in [-0.3, -0.25) is 0 Å². The van der Waals surface area contributed by atoms with Crippen molar-refractivity contribution >= 4 is 21.7 Å². The number of methoxy groups -OCH3 is 1. The molecule has 0 aliphatic carbocycles. The fourth-order valence-corrected chi connectivity index (χ4v) is 2.86. The summed E-state index contributed by atoms with van der Waals surface area (Å²) in [6.07, 6.45) is 4.14. The average molecular weight is 315 g/mol. The van der Waals surface area contributed by atoms with Crippen LogP contribution in [-0.4, -0.2) is 38.9 Å². The summed E-state index contributed by atoms with van der Waals surface area (Å²) in [5, 5.41) is 0. The van der Waals surface area contributed by atoms with Gasteiger partial charge in [-0.05, 0) is 40.8 Å². The molecular weight excluding hydrogens is 296 g/mol. The molecule has 1 aromatic heterocycles. The molecule has 1 aromatic rings. The van der Waals surface area contributed by atoms with Gasteiger partial charge in [0.25, 0.3) is 0 Å². The molecule has 0 saturated carbocycles. The van der Waals surface area contributed by atoms with Gasteiger partial charge in [-0.1, -0.05) is 0 Å². The van der Waals surface area contributed by atoms with Crippen LogP contribution in [0.4, 0.5) is 5.82 Å². The van der Waals surface area contributed by atoms with Gasteiger partial charge in [-0.15, -0.1) is 0 Å². The van der Waals surface area contributed by atoms with E-state index in [1.165, 1.54) is 6.42 Å². The summed E-state index contributed by atoms with van der Waals surface area (Å²) in [5.41, 5.74) is 0. The van der Waals surface area contributed by atoms with Crippen molar-refractivity contribution in [3.05, 3.63) is 16.7 Å².